The number of hydrogen-bond acceptors (Lipinski definition) is 2. The topological polar surface area (TPSA) is 40.5 Å². The Morgan fingerprint density at radius 1 is 1.60 bits per heavy atom. The van der Waals surface area contributed by atoms with Gasteiger partial charge in [0.25, 0.3) is 0 Å². The summed E-state index contributed by atoms with van der Waals surface area (Å²) < 4.78 is 0. The third-order valence-corrected chi connectivity index (χ3v) is 2.87. The van der Waals surface area contributed by atoms with E-state index >= 15 is 0 Å². The summed E-state index contributed by atoms with van der Waals surface area (Å²) in [6, 6.07) is 0. The number of carbonyl (C=O) groups is 1. The van der Waals surface area contributed by atoms with Gasteiger partial charge in [0, 0.05) is 26.1 Å². The van der Waals surface area contributed by atoms with Crippen LogP contribution in [-0.4, -0.2) is 35.6 Å². The van der Waals surface area contributed by atoms with Crippen molar-refractivity contribution in [2.24, 2.45) is 5.92 Å². The number of amides is 1. The molecule has 0 radical (unpaired) electrons. The highest BCUT2D eigenvalue weighted by molar-refractivity contribution is 5.76. The second-order valence-corrected chi connectivity index (χ2v) is 4.02. The summed E-state index contributed by atoms with van der Waals surface area (Å²) in [7, 11) is 0. The molecule has 1 aliphatic carbocycles. The monoisotopic (exact) mass is 211 g/mol. The number of rotatable bonds is 6. The Bertz CT molecular complexity index is 226. The number of carbonyl (C=O) groups excluding carboxylic acids is 1. The van der Waals surface area contributed by atoms with Crippen LogP contribution in [0.2, 0.25) is 0 Å². The first kappa shape index (κ1) is 12.2. The second-order valence-electron chi connectivity index (χ2n) is 4.02. The molecule has 0 spiro atoms. The van der Waals surface area contributed by atoms with Gasteiger partial charge in [-0.3, -0.25) is 4.79 Å². The van der Waals surface area contributed by atoms with Crippen molar-refractivity contribution in [3.63, 3.8) is 0 Å². The Kier molecular flexibility index (Phi) is 5.40. The lowest BCUT2D eigenvalue weighted by atomic mass is 10.0. The minimum atomic E-state index is 0.160. The standard InChI is InChI=1S/C12H21NO2/c1-2-13(8-5-9-14)12(15)10-11-6-3-4-7-11/h3,6,11,14H,2,4-5,7-10H2,1H3. The lowest BCUT2D eigenvalue weighted by Gasteiger charge is -2.21. The number of nitrogens with zero attached hydrogens (tertiary/aromatic N) is 1. The van der Waals surface area contributed by atoms with Crippen molar-refractivity contribution in [1.29, 1.82) is 0 Å². The quantitative estimate of drug-likeness (QED) is 0.677. The van der Waals surface area contributed by atoms with E-state index in [1.54, 1.807) is 0 Å². The predicted octanol–water partition coefficient (Wildman–Crippen LogP) is 1.57. The van der Waals surface area contributed by atoms with Gasteiger partial charge in [-0.25, -0.2) is 0 Å². The fraction of sp³-hybridized carbons (Fsp3) is 0.750. The Labute approximate surface area is 91.8 Å². The van der Waals surface area contributed by atoms with E-state index in [-0.39, 0.29) is 12.5 Å². The Balaban J connectivity index is 2.31. The van der Waals surface area contributed by atoms with Crippen molar-refractivity contribution in [3.05, 3.63) is 12.2 Å². The van der Waals surface area contributed by atoms with Gasteiger partial charge in [0.2, 0.25) is 5.91 Å². The van der Waals surface area contributed by atoms with Gasteiger partial charge in [-0.2, -0.15) is 0 Å². The van der Waals surface area contributed by atoms with Crippen molar-refractivity contribution < 1.29 is 9.90 Å². The van der Waals surface area contributed by atoms with E-state index in [2.05, 4.69) is 12.2 Å². The van der Waals surface area contributed by atoms with Crippen LogP contribution in [0.15, 0.2) is 12.2 Å². The number of aliphatic hydroxyl groups excluding tert-OH is 1. The molecule has 1 aliphatic rings. The van der Waals surface area contributed by atoms with Crippen LogP contribution in [0.5, 0.6) is 0 Å². The van der Waals surface area contributed by atoms with E-state index in [0.717, 1.165) is 19.4 Å². The van der Waals surface area contributed by atoms with Crippen molar-refractivity contribution in [3.8, 4) is 0 Å². The van der Waals surface area contributed by atoms with Crippen LogP contribution in [0.4, 0.5) is 0 Å². The number of aliphatic hydroxyl groups is 1. The zero-order valence-electron chi connectivity index (χ0n) is 9.48. The van der Waals surface area contributed by atoms with Crippen molar-refractivity contribution in [2.45, 2.75) is 32.6 Å². The second kappa shape index (κ2) is 6.62. The van der Waals surface area contributed by atoms with E-state index in [9.17, 15) is 4.79 Å². The van der Waals surface area contributed by atoms with Crippen LogP contribution in [0.25, 0.3) is 0 Å². The van der Waals surface area contributed by atoms with Crippen molar-refractivity contribution >= 4 is 5.91 Å². The summed E-state index contributed by atoms with van der Waals surface area (Å²) in [6.45, 7) is 3.57. The average molecular weight is 211 g/mol. The maximum absolute atomic E-state index is 11.8. The third kappa shape index (κ3) is 4.04. The van der Waals surface area contributed by atoms with E-state index in [4.69, 9.17) is 5.11 Å². The molecule has 1 rings (SSSR count). The fourth-order valence-corrected chi connectivity index (χ4v) is 1.94. The van der Waals surface area contributed by atoms with Crippen LogP contribution < -0.4 is 0 Å². The zero-order chi connectivity index (χ0) is 11.1. The molecule has 1 unspecified atom stereocenters. The van der Waals surface area contributed by atoms with E-state index in [0.29, 0.717) is 25.3 Å². The van der Waals surface area contributed by atoms with Crippen LogP contribution >= 0.6 is 0 Å². The Morgan fingerprint density at radius 2 is 2.40 bits per heavy atom. The molecule has 0 fully saturated rings. The molecule has 1 atom stereocenters. The summed E-state index contributed by atoms with van der Waals surface area (Å²) in [5.74, 6) is 0.670. The maximum Gasteiger partial charge on any atom is 0.223 e. The highest BCUT2D eigenvalue weighted by Gasteiger charge is 2.17. The molecule has 0 saturated heterocycles. The normalized spacial score (nSPS) is 19.5. The van der Waals surface area contributed by atoms with Gasteiger partial charge in [-0.1, -0.05) is 12.2 Å². The van der Waals surface area contributed by atoms with Crippen LogP contribution in [0.3, 0.4) is 0 Å². The first-order valence-electron chi connectivity index (χ1n) is 5.83. The molecular weight excluding hydrogens is 190 g/mol. The molecule has 86 valence electrons. The molecule has 3 nitrogen and oxygen atoms in total. The van der Waals surface area contributed by atoms with Crippen LogP contribution in [0.1, 0.15) is 32.6 Å². The van der Waals surface area contributed by atoms with E-state index in [1.807, 2.05) is 11.8 Å². The molecule has 15 heavy (non-hydrogen) atoms. The average Bonchev–Trinajstić information content (AvgIpc) is 2.71. The molecule has 3 heteroatoms. The minimum absolute atomic E-state index is 0.160. The van der Waals surface area contributed by atoms with Gasteiger partial charge in [-0.05, 0) is 32.1 Å². The van der Waals surface area contributed by atoms with Gasteiger partial charge < -0.3 is 10.0 Å². The molecule has 0 aromatic rings. The minimum Gasteiger partial charge on any atom is -0.396 e. The van der Waals surface area contributed by atoms with E-state index in [1.165, 1.54) is 0 Å². The smallest absolute Gasteiger partial charge is 0.223 e. The molecule has 0 aliphatic heterocycles. The lowest BCUT2D eigenvalue weighted by Crippen LogP contribution is -2.33. The summed E-state index contributed by atoms with van der Waals surface area (Å²) in [4.78, 5) is 13.7. The van der Waals surface area contributed by atoms with Crippen molar-refractivity contribution in [1.82, 2.24) is 4.90 Å². The van der Waals surface area contributed by atoms with Crippen LogP contribution in [-0.2, 0) is 4.79 Å². The molecule has 1 N–H and O–H groups in total. The van der Waals surface area contributed by atoms with Gasteiger partial charge in [0.1, 0.15) is 0 Å². The van der Waals surface area contributed by atoms with E-state index < -0.39 is 0 Å². The van der Waals surface area contributed by atoms with Gasteiger partial charge in [0.15, 0.2) is 0 Å². The molecule has 0 saturated carbocycles. The highest BCUT2D eigenvalue weighted by atomic mass is 16.3. The molecule has 1 amide bonds. The summed E-state index contributed by atoms with van der Waals surface area (Å²) in [6.07, 6.45) is 7.85. The number of allylic oxidation sites excluding steroid dienone is 2. The van der Waals surface area contributed by atoms with Gasteiger partial charge in [0.05, 0.1) is 0 Å². The molecule has 0 heterocycles. The summed E-state index contributed by atoms with van der Waals surface area (Å²) in [5, 5.41) is 8.73. The maximum atomic E-state index is 11.8. The van der Waals surface area contributed by atoms with Gasteiger partial charge in [-0.15, -0.1) is 0 Å². The molecule has 0 aromatic heterocycles. The zero-order valence-corrected chi connectivity index (χ0v) is 9.48. The Hall–Kier alpha value is -0.830. The lowest BCUT2D eigenvalue weighted by molar-refractivity contribution is -0.131. The highest BCUT2D eigenvalue weighted by Crippen LogP contribution is 2.21. The molecule has 0 aromatic carbocycles. The fourth-order valence-electron chi connectivity index (χ4n) is 1.94. The summed E-state index contributed by atoms with van der Waals surface area (Å²) >= 11 is 0. The summed E-state index contributed by atoms with van der Waals surface area (Å²) in [5.41, 5.74) is 0. The largest absolute Gasteiger partial charge is 0.396 e. The van der Waals surface area contributed by atoms with Gasteiger partial charge >= 0.3 is 0 Å². The van der Waals surface area contributed by atoms with Crippen molar-refractivity contribution in [2.75, 3.05) is 19.7 Å². The Morgan fingerprint density at radius 3 is 2.93 bits per heavy atom. The molecule has 0 bridgehead atoms. The van der Waals surface area contributed by atoms with Crippen LogP contribution in [0, 0.1) is 5.92 Å². The molecular formula is C12H21NO2. The first-order chi connectivity index (χ1) is 7.27. The first-order valence-corrected chi connectivity index (χ1v) is 5.83. The SMILES string of the molecule is CCN(CCCO)C(=O)CC1C=CCC1. The predicted molar refractivity (Wildman–Crippen MR) is 60.4 cm³/mol. The third-order valence-electron chi connectivity index (χ3n) is 2.87. The number of hydrogen-bond donors (Lipinski definition) is 1.